The largest absolute Gasteiger partial charge is 0.309 e. The molecule has 0 aliphatic heterocycles. The van der Waals surface area contributed by atoms with Gasteiger partial charge in [-0.25, -0.2) is 4.98 Å². The van der Waals surface area contributed by atoms with Crippen molar-refractivity contribution >= 4 is 27.3 Å². The number of hydrogen-bond donors (Lipinski definition) is 0. The van der Waals surface area contributed by atoms with Crippen LogP contribution in [0.2, 0.25) is 0 Å². The first-order valence-corrected chi connectivity index (χ1v) is 5.80. The van der Waals surface area contributed by atoms with Crippen molar-refractivity contribution in [3.05, 3.63) is 16.1 Å². The minimum absolute atomic E-state index is 0.923. The van der Waals surface area contributed by atoms with Gasteiger partial charge in [-0.1, -0.05) is 15.9 Å². The molecule has 0 bridgehead atoms. The highest BCUT2D eigenvalue weighted by Crippen LogP contribution is 2.16. The zero-order valence-electron chi connectivity index (χ0n) is 7.38. The Hall–Kier alpha value is 0.0700. The Balaban J connectivity index is 2.41. The number of rotatable bonds is 4. The van der Waals surface area contributed by atoms with Crippen LogP contribution in [0.15, 0.2) is 6.20 Å². The highest BCUT2D eigenvalue weighted by atomic mass is 79.9. The number of thiazole rings is 1. The van der Waals surface area contributed by atoms with Gasteiger partial charge in [0.25, 0.3) is 0 Å². The molecule has 0 fully saturated rings. The summed E-state index contributed by atoms with van der Waals surface area (Å²) in [5.41, 5.74) is 0. The van der Waals surface area contributed by atoms with Crippen molar-refractivity contribution in [3.8, 4) is 0 Å². The topological polar surface area (TPSA) is 16.1 Å². The van der Waals surface area contributed by atoms with Gasteiger partial charge in [-0.2, -0.15) is 0 Å². The molecule has 2 nitrogen and oxygen atoms in total. The molecule has 0 radical (unpaired) electrons. The Labute approximate surface area is 85.7 Å². The lowest BCUT2D eigenvalue weighted by atomic mass is 10.4. The van der Waals surface area contributed by atoms with Crippen molar-refractivity contribution < 1.29 is 0 Å². The van der Waals surface area contributed by atoms with E-state index in [4.69, 9.17) is 0 Å². The molecule has 0 aromatic carbocycles. The maximum Gasteiger partial charge on any atom is 0.0940 e. The van der Waals surface area contributed by atoms with E-state index in [2.05, 4.69) is 39.9 Å². The minimum atomic E-state index is 0.923. The molecule has 12 heavy (non-hydrogen) atoms. The van der Waals surface area contributed by atoms with E-state index in [0.29, 0.717) is 0 Å². The van der Waals surface area contributed by atoms with Gasteiger partial charge in [0, 0.05) is 29.4 Å². The lowest BCUT2D eigenvalue weighted by Gasteiger charge is -2.06. The maximum absolute atomic E-state index is 4.32. The molecular formula is C8H13BrN2S. The quantitative estimate of drug-likeness (QED) is 0.760. The van der Waals surface area contributed by atoms with Crippen LogP contribution in [0.3, 0.4) is 0 Å². The van der Waals surface area contributed by atoms with Crippen LogP contribution in [0.1, 0.15) is 9.88 Å². The summed E-state index contributed by atoms with van der Waals surface area (Å²) in [5, 5.41) is 2.16. The zero-order valence-corrected chi connectivity index (χ0v) is 9.78. The van der Waals surface area contributed by atoms with E-state index in [1.165, 1.54) is 9.88 Å². The van der Waals surface area contributed by atoms with Crippen molar-refractivity contribution in [2.45, 2.75) is 11.8 Å². The second-order valence-electron chi connectivity index (χ2n) is 2.91. The predicted molar refractivity (Wildman–Crippen MR) is 57.0 cm³/mol. The number of halogens is 1. The van der Waals surface area contributed by atoms with Gasteiger partial charge in [-0.3, -0.25) is 0 Å². The van der Waals surface area contributed by atoms with Crippen LogP contribution in [0, 0.1) is 0 Å². The third kappa shape index (κ3) is 3.21. The summed E-state index contributed by atoms with van der Waals surface area (Å²) in [6, 6.07) is 0. The SMILES string of the molecule is CN(C)CCc1ncc(CBr)s1. The molecule has 0 saturated heterocycles. The highest BCUT2D eigenvalue weighted by molar-refractivity contribution is 9.08. The maximum atomic E-state index is 4.32. The smallest absolute Gasteiger partial charge is 0.0940 e. The number of alkyl halides is 1. The summed E-state index contributed by atoms with van der Waals surface area (Å²) in [6.07, 6.45) is 3.01. The average molecular weight is 249 g/mol. The van der Waals surface area contributed by atoms with Gasteiger partial charge in [0.2, 0.25) is 0 Å². The third-order valence-electron chi connectivity index (χ3n) is 1.51. The molecule has 1 heterocycles. The zero-order chi connectivity index (χ0) is 8.97. The van der Waals surface area contributed by atoms with E-state index >= 15 is 0 Å². The highest BCUT2D eigenvalue weighted by Gasteiger charge is 2.00. The fraction of sp³-hybridized carbons (Fsp3) is 0.625. The second kappa shape index (κ2) is 4.94. The van der Waals surface area contributed by atoms with Crippen molar-refractivity contribution in [3.63, 3.8) is 0 Å². The number of nitrogens with zero attached hydrogens (tertiary/aromatic N) is 2. The van der Waals surface area contributed by atoms with Gasteiger partial charge in [0.15, 0.2) is 0 Å². The molecule has 0 spiro atoms. The Morgan fingerprint density at radius 2 is 2.33 bits per heavy atom. The molecule has 0 amide bonds. The molecule has 0 aliphatic rings. The van der Waals surface area contributed by atoms with Crippen molar-refractivity contribution in [1.29, 1.82) is 0 Å². The molecule has 0 aliphatic carbocycles. The molecule has 0 unspecified atom stereocenters. The van der Waals surface area contributed by atoms with Crippen molar-refractivity contribution in [2.75, 3.05) is 20.6 Å². The van der Waals surface area contributed by atoms with Crippen molar-refractivity contribution in [2.24, 2.45) is 0 Å². The molecule has 4 heteroatoms. The Morgan fingerprint density at radius 3 is 2.83 bits per heavy atom. The van der Waals surface area contributed by atoms with Gasteiger partial charge in [0.1, 0.15) is 0 Å². The molecule has 68 valence electrons. The second-order valence-corrected chi connectivity index (χ2v) is 4.67. The first kappa shape index (κ1) is 10.2. The summed E-state index contributed by atoms with van der Waals surface area (Å²) in [7, 11) is 4.16. The van der Waals surface area contributed by atoms with Gasteiger partial charge < -0.3 is 4.90 Å². The summed E-state index contributed by atoms with van der Waals surface area (Å²) >= 11 is 5.20. The summed E-state index contributed by atoms with van der Waals surface area (Å²) in [6.45, 7) is 1.08. The molecular weight excluding hydrogens is 236 g/mol. The molecule has 0 saturated carbocycles. The summed E-state index contributed by atoms with van der Waals surface area (Å²) in [4.78, 5) is 7.81. The summed E-state index contributed by atoms with van der Waals surface area (Å²) < 4.78 is 0. The number of hydrogen-bond acceptors (Lipinski definition) is 3. The molecule has 0 atom stereocenters. The first-order chi connectivity index (χ1) is 5.72. The van der Waals surface area contributed by atoms with Gasteiger partial charge >= 0.3 is 0 Å². The van der Waals surface area contributed by atoms with E-state index in [0.717, 1.165) is 18.3 Å². The third-order valence-corrected chi connectivity index (χ3v) is 3.54. The van der Waals surface area contributed by atoms with Crippen molar-refractivity contribution in [1.82, 2.24) is 9.88 Å². The average Bonchev–Trinajstić information content (AvgIpc) is 2.48. The van der Waals surface area contributed by atoms with Crippen LogP contribution < -0.4 is 0 Å². The molecule has 1 aromatic rings. The van der Waals surface area contributed by atoms with E-state index < -0.39 is 0 Å². The van der Waals surface area contributed by atoms with E-state index in [-0.39, 0.29) is 0 Å². The Morgan fingerprint density at radius 1 is 1.58 bits per heavy atom. The monoisotopic (exact) mass is 248 g/mol. The van der Waals surface area contributed by atoms with Crippen LogP contribution in [-0.4, -0.2) is 30.5 Å². The normalized spacial score (nSPS) is 11.0. The number of aromatic nitrogens is 1. The summed E-state index contributed by atoms with van der Waals surface area (Å²) in [5.74, 6) is 0. The fourth-order valence-electron chi connectivity index (χ4n) is 0.845. The minimum Gasteiger partial charge on any atom is -0.309 e. The molecule has 1 rings (SSSR count). The van der Waals surface area contributed by atoms with Crippen LogP contribution in [0.4, 0.5) is 0 Å². The lowest BCUT2D eigenvalue weighted by molar-refractivity contribution is 0.413. The Kier molecular flexibility index (Phi) is 4.18. The van der Waals surface area contributed by atoms with E-state index in [1.807, 2.05) is 6.20 Å². The van der Waals surface area contributed by atoms with Crippen LogP contribution >= 0.6 is 27.3 Å². The van der Waals surface area contributed by atoms with E-state index in [1.54, 1.807) is 11.3 Å². The molecule has 0 N–H and O–H groups in total. The standard InChI is InChI=1S/C8H13BrN2S/c1-11(2)4-3-8-10-6-7(5-9)12-8/h6H,3-5H2,1-2H3. The lowest BCUT2D eigenvalue weighted by Crippen LogP contribution is -2.14. The van der Waals surface area contributed by atoms with E-state index in [9.17, 15) is 0 Å². The number of likely N-dealkylation sites (N-methyl/N-ethyl adjacent to an activating group) is 1. The van der Waals surface area contributed by atoms with Gasteiger partial charge in [-0.05, 0) is 14.1 Å². The van der Waals surface area contributed by atoms with Crippen LogP contribution in [-0.2, 0) is 11.8 Å². The first-order valence-electron chi connectivity index (χ1n) is 3.86. The fourth-order valence-corrected chi connectivity index (χ4v) is 2.09. The molecule has 1 aromatic heterocycles. The Bertz CT molecular complexity index is 235. The van der Waals surface area contributed by atoms with Gasteiger partial charge in [-0.15, -0.1) is 11.3 Å². The van der Waals surface area contributed by atoms with Crippen LogP contribution in [0.25, 0.3) is 0 Å². The van der Waals surface area contributed by atoms with Gasteiger partial charge in [0.05, 0.1) is 5.01 Å². The van der Waals surface area contributed by atoms with Crippen LogP contribution in [0.5, 0.6) is 0 Å². The predicted octanol–water partition coefficient (Wildman–Crippen LogP) is 2.14.